The zero-order valence-corrected chi connectivity index (χ0v) is 8.66. The second-order valence-corrected chi connectivity index (χ2v) is 3.56. The molecule has 2 heterocycles. The van der Waals surface area contributed by atoms with Gasteiger partial charge in [-0.15, -0.1) is 0 Å². The molecule has 0 atom stereocenters. The van der Waals surface area contributed by atoms with Gasteiger partial charge in [0.15, 0.2) is 0 Å². The maximum atomic E-state index is 12.9. The van der Waals surface area contributed by atoms with Crippen LogP contribution in [0.15, 0.2) is 12.3 Å². The number of anilines is 1. The van der Waals surface area contributed by atoms with Gasteiger partial charge in [-0.05, 0) is 13.0 Å². The Kier molecular flexibility index (Phi) is 2.55. The summed E-state index contributed by atoms with van der Waals surface area (Å²) in [5.74, 6) is -0.856. The molecule has 5 nitrogen and oxygen atoms in total. The maximum absolute atomic E-state index is 12.9. The van der Waals surface area contributed by atoms with Crippen molar-refractivity contribution in [2.45, 2.75) is 13.3 Å². The van der Waals surface area contributed by atoms with E-state index in [0.717, 1.165) is 0 Å². The van der Waals surface area contributed by atoms with Crippen LogP contribution in [0.1, 0.15) is 12.0 Å². The maximum Gasteiger partial charge on any atom is 0.328 e. The summed E-state index contributed by atoms with van der Waals surface area (Å²) in [6.07, 6.45) is 1.51. The second-order valence-electron chi connectivity index (χ2n) is 3.56. The van der Waals surface area contributed by atoms with E-state index in [1.807, 2.05) is 0 Å². The first-order chi connectivity index (χ1) is 7.58. The first-order valence-corrected chi connectivity index (χ1v) is 4.81. The van der Waals surface area contributed by atoms with Crippen LogP contribution < -0.4 is 10.2 Å². The van der Waals surface area contributed by atoms with Crippen molar-refractivity contribution in [2.24, 2.45) is 0 Å². The van der Waals surface area contributed by atoms with Gasteiger partial charge in [0.05, 0.1) is 11.9 Å². The molecule has 1 fully saturated rings. The highest BCUT2D eigenvalue weighted by Crippen LogP contribution is 2.18. The van der Waals surface area contributed by atoms with Crippen LogP contribution >= 0.6 is 0 Å². The van der Waals surface area contributed by atoms with Gasteiger partial charge in [0.2, 0.25) is 11.9 Å². The van der Waals surface area contributed by atoms with E-state index in [1.165, 1.54) is 17.2 Å². The lowest BCUT2D eigenvalue weighted by molar-refractivity contribution is -0.120. The van der Waals surface area contributed by atoms with Gasteiger partial charge in [0.1, 0.15) is 0 Å². The van der Waals surface area contributed by atoms with E-state index >= 15 is 0 Å². The molecule has 0 aromatic carbocycles. The van der Waals surface area contributed by atoms with Crippen molar-refractivity contribution in [3.63, 3.8) is 0 Å². The van der Waals surface area contributed by atoms with Crippen molar-refractivity contribution in [1.29, 1.82) is 0 Å². The zero-order valence-electron chi connectivity index (χ0n) is 8.66. The van der Waals surface area contributed by atoms with E-state index in [-0.39, 0.29) is 18.9 Å². The van der Waals surface area contributed by atoms with Gasteiger partial charge in [-0.1, -0.05) is 0 Å². The van der Waals surface area contributed by atoms with Gasteiger partial charge >= 0.3 is 6.03 Å². The number of halogens is 1. The predicted molar refractivity (Wildman–Crippen MR) is 54.4 cm³/mol. The number of carbonyl (C=O) groups excluding carboxylic acids is 2. The molecule has 0 radical (unpaired) electrons. The number of aromatic nitrogens is 1. The molecule has 0 saturated carbocycles. The summed E-state index contributed by atoms with van der Waals surface area (Å²) < 4.78 is 12.9. The van der Waals surface area contributed by atoms with Crippen LogP contribution in [-0.4, -0.2) is 23.5 Å². The molecule has 1 aromatic rings. The van der Waals surface area contributed by atoms with Crippen LogP contribution in [0.25, 0.3) is 0 Å². The number of rotatable bonds is 1. The number of amides is 3. The van der Waals surface area contributed by atoms with Gasteiger partial charge < -0.3 is 0 Å². The average Bonchev–Trinajstić information content (AvgIpc) is 2.22. The van der Waals surface area contributed by atoms with E-state index in [1.54, 1.807) is 6.92 Å². The van der Waals surface area contributed by atoms with Gasteiger partial charge in [-0.3, -0.25) is 15.0 Å². The minimum atomic E-state index is -0.558. The molecule has 0 unspecified atom stereocenters. The summed E-state index contributed by atoms with van der Waals surface area (Å²) in [5.41, 5.74) is 0.853. The topological polar surface area (TPSA) is 62.3 Å². The lowest BCUT2D eigenvalue weighted by atomic mass is 10.2. The average molecular weight is 223 g/mol. The Morgan fingerprint density at radius 1 is 1.50 bits per heavy atom. The number of imide groups is 1. The van der Waals surface area contributed by atoms with Crippen LogP contribution in [0.5, 0.6) is 0 Å². The van der Waals surface area contributed by atoms with E-state index in [9.17, 15) is 14.0 Å². The molecule has 0 spiro atoms. The largest absolute Gasteiger partial charge is 0.328 e. The Labute approximate surface area is 91.3 Å². The van der Waals surface area contributed by atoms with Crippen molar-refractivity contribution in [3.05, 3.63) is 23.8 Å². The third-order valence-electron chi connectivity index (χ3n) is 2.37. The highest BCUT2D eigenvalue weighted by atomic mass is 19.1. The number of nitrogens with zero attached hydrogens (tertiary/aromatic N) is 2. The molecule has 16 heavy (non-hydrogen) atoms. The van der Waals surface area contributed by atoms with Crippen LogP contribution in [0.2, 0.25) is 0 Å². The third-order valence-corrected chi connectivity index (χ3v) is 2.37. The third kappa shape index (κ3) is 1.86. The number of hydrogen-bond donors (Lipinski definition) is 1. The summed E-state index contributed by atoms with van der Waals surface area (Å²) >= 11 is 0. The van der Waals surface area contributed by atoms with Crippen molar-refractivity contribution < 1.29 is 14.0 Å². The fraction of sp³-hybridized carbons (Fsp3) is 0.300. The summed E-state index contributed by atoms with van der Waals surface area (Å²) in [6.45, 7) is 1.86. The molecule has 3 amide bonds. The Bertz CT molecular complexity index is 461. The molecular weight excluding hydrogens is 213 g/mol. The molecule has 2 rings (SSSR count). The molecular formula is C10H10FN3O2. The molecule has 1 N–H and O–H groups in total. The lowest BCUT2D eigenvalue weighted by Crippen LogP contribution is -2.49. The molecule has 1 aliphatic rings. The van der Waals surface area contributed by atoms with E-state index in [0.29, 0.717) is 11.3 Å². The van der Waals surface area contributed by atoms with Crippen molar-refractivity contribution in [3.8, 4) is 0 Å². The summed E-state index contributed by atoms with van der Waals surface area (Å²) in [6, 6.07) is 1.03. The van der Waals surface area contributed by atoms with Crippen LogP contribution in [0, 0.1) is 12.9 Å². The van der Waals surface area contributed by atoms with Crippen molar-refractivity contribution >= 4 is 17.6 Å². The van der Waals surface area contributed by atoms with Crippen molar-refractivity contribution in [2.75, 3.05) is 11.4 Å². The van der Waals surface area contributed by atoms with Gasteiger partial charge in [0.25, 0.3) is 0 Å². The molecule has 0 bridgehead atoms. The van der Waals surface area contributed by atoms with Crippen LogP contribution in [0.4, 0.5) is 14.9 Å². The molecule has 84 valence electrons. The monoisotopic (exact) mass is 223 g/mol. The van der Waals surface area contributed by atoms with Gasteiger partial charge in [-0.25, -0.2) is 9.78 Å². The Morgan fingerprint density at radius 3 is 2.88 bits per heavy atom. The highest BCUT2D eigenvalue weighted by molar-refractivity contribution is 6.05. The fourth-order valence-electron chi connectivity index (χ4n) is 1.50. The first-order valence-electron chi connectivity index (χ1n) is 4.81. The van der Waals surface area contributed by atoms with E-state index < -0.39 is 12.0 Å². The standard InChI is InChI=1S/C10H10FN3O2/c1-6-4-7(5-12-9(6)11)14-3-2-8(15)13-10(14)16/h4-5H,2-3H2,1H3,(H,13,15,16). The van der Waals surface area contributed by atoms with Gasteiger partial charge in [0, 0.05) is 18.5 Å². The Balaban J connectivity index is 2.27. The smallest absolute Gasteiger partial charge is 0.292 e. The molecule has 6 heteroatoms. The lowest BCUT2D eigenvalue weighted by Gasteiger charge is -2.26. The number of urea groups is 1. The normalized spacial score (nSPS) is 16.2. The minimum Gasteiger partial charge on any atom is -0.292 e. The first kappa shape index (κ1) is 10.5. The zero-order chi connectivity index (χ0) is 11.7. The van der Waals surface area contributed by atoms with Crippen LogP contribution in [0.3, 0.4) is 0 Å². The van der Waals surface area contributed by atoms with E-state index in [2.05, 4.69) is 10.3 Å². The fourth-order valence-corrected chi connectivity index (χ4v) is 1.50. The molecule has 1 saturated heterocycles. The number of carbonyl (C=O) groups is 2. The quantitative estimate of drug-likeness (QED) is 0.722. The number of nitrogens with one attached hydrogen (secondary N) is 1. The highest BCUT2D eigenvalue weighted by Gasteiger charge is 2.24. The number of pyridine rings is 1. The van der Waals surface area contributed by atoms with E-state index in [4.69, 9.17) is 0 Å². The summed E-state index contributed by atoms with van der Waals surface area (Å²) in [7, 11) is 0. The van der Waals surface area contributed by atoms with Crippen molar-refractivity contribution in [1.82, 2.24) is 10.3 Å². The Hall–Kier alpha value is -1.98. The predicted octanol–water partition coefficient (Wildman–Crippen LogP) is 0.975. The van der Waals surface area contributed by atoms with Crippen LogP contribution in [-0.2, 0) is 4.79 Å². The summed E-state index contributed by atoms with van der Waals surface area (Å²) in [4.78, 5) is 27.3. The molecule has 1 aliphatic heterocycles. The second kappa shape index (κ2) is 3.88. The SMILES string of the molecule is Cc1cc(N2CCC(=O)NC2=O)cnc1F. The molecule has 0 aliphatic carbocycles. The minimum absolute atomic E-state index is 0.238. The summed E-state index contributed by atoms with van der Waals surface area (Å²) in [5, 5.41) is 2.19. The Morgan fingerprint density at radius 2 is 2.25 bits per heavy atom. The number of aryl methyl sites for hydroxylation is 1. The van der Waals surface area contributed by atoms with Gasteiger partial charge in [-0.2, -0.15) is 4.39 Å². The number of hydrogen-bond acceptors (Lipinski definition) is 3. The molecule has 1 aromatic heterocycles.